The number of aryl methyl sites for hydroxylation is 2. The summed E-state index contributed by atoms with van der Waals surface area (Å²) >= 11 is 1.81. The Morgan fingerprint density at radius 3 is 1.44 bits per heavy atom. The van der Waals surface area contributed by atoms with Crippen LogP contribution in [0.5, 0.6) is 0 Å². The number of benzene rings is 1. The molecule has 21 aromatic rings. The van der Waals surface area contributed by atoms with Gasteiger partial charge in [-0.05, 0) is 139 Å². The van der Waals surface area contributed by atoms with Gasteiger partial charge in [0.2, 0.25) is 28.6 Å². The average molecular weight is 1370 g/mol. The largest absolute Gasteiger partial charge is 0.413 e. The Balaban J connectivity index is 0.0000000830. The Kier molecular flexibility index (Phi) is 11.5. The van der Waals surface area contributed by atoms with E-state index < -0.39 is 6.98 Å². The minimum atomic E-state index is -2.28. The van der Waals surface area contributed by atoms with Gasteiger partial charge in [0.15, 0.2) is 33.4 Å². The number of pyridine rings is 5. The molecule has 103 heavy (non-hydrogen) atoms. The minimum absolute atomic E-state index is 0.549. The second-order valence-electron chi connectivity index (χ2n) is 25.8. The summed E-state index contributed by atoms with van der Waals surface area (Å²) in [6.07, 6.45) is 20.2. The van der Waals surface area contributed by atoms with Crippen molar-refractivity contribution >= 4 is 94.1 Å². The van der Waals surface area contributed by atoms with Crippen molar-refractivity contribution in [3.63, 3.8) is 0 Å². The molecule has 25 heterocycles. The molecule has 0 spiro atoms. The lowest BCUT2D eigenvalue weighted by Crippen LogP contribution is -2.33. The summed E-state index contributed by atoms with van der Waals surface area (Å²) in [7, 11) is 2.11. The number of imidazole rings is 3. The lowest BCUT2D eigenvalue weighted by Gasteiger charge is -2.03. The van der Waals surface area contributed by atoms with Crippen LogP contribution in [0, 0.1) is 0 Å². The van der Waals surface area contributed by atoms with Crippen LogP contribution in [-0.4, -0.2) is 86.5 Å². The highest BCUT2D eigenvalue weighted by atomic mass is 32.1. The zero-order chi connectivity index (χ0) is 70.2. The fraction of sp³-hybridized carbons (Fsp3) is 0.0897. The maximum Gasteiger partial charge on any atom is 0.354 e. The van der Waals surface area contributed by atoms with E-state index in [0.29, 0.717) is 17.9 Å². The normalized spacial score (nSPS) is 13.5. The molecule has 0 unspecified atom stereocenters. The van der Waals surface area contributed by atoms with Crippen molar-refractivity contribution in [3.8, 4) is 61.9 Å². The minimum Gasteiger partial charge on any atom is -0.413 e. The number of rotatable bonds is 1. The molecule has 0 atom stereocenters. The molecular formula is C78H56N23OS+5. The van der Waals surface area contributed by atoms with Gasteiger partial charge in [-0.2, -0.15) is 9.13 Å². The average Bonchev–Trinajstić information content (AvgIpc) is 1.51. The third kappa shape index (κ3) is 8.35. The van der Waals surface area contributed by atoms with Gasteiger partial charge in [0.1, 0.15) is 59.8 Å². The van der Waals surface area contributed by atoms with Crippen LogP contribution in [-0.2, 0) is 46.7 Å². The van der Waals surface area contributed by atoms with Gasteiger partial charge in [-0.1, -0.05) is 27.8 Å². The van der Waals surface area contributed by atoms with Gasteiger partial charge in [-0.3, -0.25) is 38.5 Å². The van der Waals surface area contributed by atoms with Crippen LogP contribution in [0.15, 0.2) is 249 Å². The predicted molar refractivity (Wildman–Crippen MR) is 384 cm³/mol. The fourth-order valence-electron chi connectivity index (χ4n) is 15.8. The molecule has 26 rings (SSSR count). The fourth-order valence-corrected chi connectivity index (χ4v) is 17.1. The third-order valence-electron chi connectivity index (χ3n) is 20.2. The molecule has 0 aliphatic carbocycles. The second-order valence-corrected chi connectivity index (χ2v) is 26.8. The SMILES string of the molecule is Cn1c2[n+](c3c1cc1cccnn13)Cc1ncccc1-2.[2H]C([2H])([2H])n1c2[n+](c3c1cc1cccnn13)Cc1ncccc1-2.c1ccc(-n2c3[n+](c4c2cc2cccnn24)Cc2ncccc2-3)cc1.c1cnc2c(c1)-c1oc3cc4cccnn4c3[n+]1C2.c1cnc2c(c1)-c1sc3c(cc4ncccn43)[n+]1C2. The van der Waals surface area contributed by atoms with Gasteiger partial charge >= 0.3 is 5.65 Å². The van der Waals surface area contributed by atoms with Crippen LogP contribution in [0.2, 0.25) is 0 Å². The molecule has 0 amide bonds. The van der Waals surface area contributed by atoms with Crippen LogP contribution in [0.3, 0.4) is 0 Å². The molecule has 0 fully saturated rings. The van der Waals surface area contributed by atoms with Gasteiger partial charge < -0.3 is 4.42 Å². The first-order valence-electron chi connectivity index (χ1n) is 35.2. The molecular weight excluding hydrogens is 1310 g/mol. The summed E-state index contributed by atoms with van der Waals surface area (Å²) in [5, 5.41) is 19.1. The maximum absolute atomic E-state index is 7.99. The highest BCUT2D eigenvalue weighted by Gasteiger charge is 2.40. The first-order chi connectivity index (χ1) is 52.1. The molecule has 0 radical (unpaired) electrons. The molecule has 24 nitrogen and oxygen atoms in total. The molecule has 1 aromatic carbocycles. The Morgan fingerprint density at radius 1 is 0.398 bits per heavy atom. The van der Waals surface area contributed by atoms with Crippen LogP contribution in [0.25, 0.3) is 145 Å². The van der Waals surface area contributed by atoms with E-state index in [9.17, 15) is 0 Å². The quantitative estimate of drug-likeness (QED) is 0.142. The highest BCUT2D eigenvalue weighted by Crippen LogP contribution is 2.39. The van der Waals surface area contributed by atoms with Crippen molar-refractivity contribution in [2.45, 2.75) is 32.7 Å². The molecule has 5 aliphatic rings. The molecule has 0 bridgehead atoms. The summed E-state index contributed by atoms with van der Waals surface area (Å²) in [6.45, 7) is 1.45. The van der Waals surface area contributed by atoms with E-state index in [4.69, 9.17) is 8.53 Å². The zero-order valence-corrected chi connectivity index (χ0v) is 55.5. The van der Waals surface area contributed by atoms with E-state index >= 15 is 0 Å². The van der Waals surface area contributed by atoms with E-state index in [2.05, 4.69) is 168 Å². The van der Waals surface area contributed by atoms with Gasteiger partial charge in [0.25, 0.3) is 27.8 Å². The van der Waals surface area contributed by atoms with Crippen LogP contribution >= 0.6 is 11.3 Å². The van der Waals surface area contributed by atoms with E-state index in [1.54, 1.807) is 23.1 Å². The topological polar surface area (TPSA) is 198 Å². The van der Waals surface area contributed by atoms with Crippen LogP contribution in [0.4, 0.5) is 0 Å². The monoisotopic (exact) mass is 1370 g/mol. The smallest absolute Gasteiger partial charge is 0.354 e. The number of nitrogens with zero attached hydrogens (tertiary/aromatic N) is 23. The van der Waals surface area contributed by atoms with Gasteiger partial charge in [0, 0.05) is 67.6 Å². The summed E-state index contributed by atoms with van der Waals surface area (Å²) in [5.74, 6) is 3.91. The Hall–Kier alpha value is -13.8. The summed E-state index contributed by atoms with van der Waals surface area (Å²) in [5.41, 5.74) is 26.4. The molecule has 0 N–H and O–H groups in total. The highest BCUT2D eigenvalue weighted by molar-refractivity contribution is 7.20. The number of oxazole rings is 1. The lowest BCUT2D eigenvalue weighted by atomic mass is 10.2. The molecule has 20 aromatic heterocycles. The Bertz CT molecular complexity index is 7230. The molecule has 490 valence electrons. The Morgan fingerprint density at radius 2 is 0.845 bits per heavy atom. The van der Waals surface area contributed by atoms with Crippen LogP contribution in [0.1, 0.15) is 32.6 Å². The van der Waals surface area contributed by atoms with Gasteiger partial charge in [-0.15, -0.1) is 28.8 Å². The summed E-state index contributed by atoms with van der Waals surface area (Å²) in [4.78, 5) is 28.0. The lowest BCUT2D eigenvalue weighted by molar-refractivity contribution is -0.652. The number of fused-ring (bicyclic) bond motifs is 35. The molecule has 0 saturated carbocycles. The third-order valence-corrected chi connectivity index (χ3v) is 21.4. The summed E-state index contributed by atoms with van der Waals surface area (Å²) in [6, 6.07) is 58.9. The van der Waals surface area contributed by atoms with Gasteiger partial charge in [-0.25, -0.2) is 23.3 Å². The first-order valence-corrected chi connectivity index (χ1v) is 34.5. The second kappa shape index (κ2) is 21.8. The number of thiazole rings is 1. The van der Waals surface area contributed by atoms with E-state index in [1.807, 2.05) is 176 Å². The van der Waals surface area contributed by atoms with E-state index in [1.165, 1.54) is 59.5 Å². The standard InChI is InChI=1S/C20H14N5.2C15H12N5.C14H9N4O.C14H9N4S/c1-2-6-14(7-3-1)24-18-12-15-8-4-11-22-25(15)20(18)23-13-17-16(19(23)24)9-5-10-21-17;2*1-18-13-8-10-4-2-7-17-20(10)15(13)19-9-12-11(14(18)19)5-3-6-16-12;1-3-9-7-12-13(18(9)16-6-1)17-8-11-10(14(17)19-12)4-2-5-15-11;1-3-9-10(15-4-1)8-18-11-7-12-16-5-2-6-17(12)14(11)19-13(9)18/h1-12H,13H2;2*2-8H,9H2,1H3;2*1-7H,8H2/q5*+1/i;1D3;;;. The van der Waals surface area contributed by atoms with Crippen molar-refractivity contribution in [1.29, 1.82) is 0 Å². The molecule has 5 aliphatic heterocycles. The van der Waals surface area contributed by atoms with E-state index in [0.717, 1.165) is 133 Å². The number of para-hydroxylation sites is 1. The molecule has 25 heteroatoms. The first kappa shape index (κ1) is 54.1. The Labute approximate surface area is 590 Å². The van der Waals surface area contributed by atoms with Crippen molar-refractivity contribution < 1.29 is 31.4 Å². The summed E-state index contributed by atoms with van der Waals surface area (Å²) < 4.78 is 56.9. The van der Waals surface area contributed by atoms with Crippen molar-refractivity contribution in [3.05, 3.63) is 273 Å². The van der Waals surface area contributed by atoms with E-state index in [-0.39, 0.29) is 0 Å². The van der Waals surface area contributed by atoms with Gasteiger partial charge in [0.05, 0.1) is 99.6 Å². The number of hydrogen-bond acceptors (Lipinski definition) is 12. The predicted octanol–water partition coefficient (Wildman–Crippen LogP) is 10.1. The van der Waals surface area contributed by atoms with Crippen molar-refractivity contribution in [2.75, 3.05) is 0 Å². The van der Waals surface area contributed by atoms with Crippen molar-refractivity contribution in [2.24, 2.45) is 14.0 Å². The number of aromatic nitrogens is 23. The molecule has 0 saturated heterocycles. The number of hydrogen-bond donors (Lipinski definition) is 0. The zero-order valence-electron chi connectivity index (χ0n) is 57.7. The van der Waals surface area contributed by atoms with Crippen LogP contribution < -0.4 is 22.8 Å². The maximum atomic E-state index is 7.99. The van der Waals surface area contributed by atoms with Crippen molar-refractivity contribution in [1.82, 2.24) is 86.5 Å².